The van der Waals surface area contributed by atoms with Gasteiger partial charge in [0.15, 0.2) is 0 Å². The van der Waals surface area contributed by atoms with Crippen molar-refractivity contribution in [1.82, 2.24) is 14.6 Å². The first-order valence-corrected chi connectivity index (χ1v) is 4.13. The SMILES string of the molecule is O=C(O)c1cnc2scnn2c1=O. The standard InChI is InChI=1S/C6H3N3O3S/c10-4-3(5(11)12)1-7-6-9(4)8-2-13-6/h1-2H,(H,11,12). The Balaban J connectivity index is 2.89. The topological polar surface area (TPSA) is 84.6 Å². The molecular formula is C6H3N3O3S. The van der Waals surface area contributed by atoms with E-state index in [0.717, 1.165) is 10.7 Å². The van der Waals surface area contributed by atoms with Gasteiger partial charge in [-0.2, -0.15) is 9.61 Å². The van der Waals surface area contributed by atoms with Crippen LogP contribution in [0.15, 0.2) is 16.5 Å². The average Bonchev–Trinajstić information content (AvgIpc) is 2.52. The lowest BCUT2D eigenvalue weighted by atomic mass is 10.3. The smallest absolute Gasteiger partial charge is 0.343 e. The first kappa shape index (κ1) is 7.87. The number of aromatic nitrogens is 3. The van der Waals surface area contributed by atoms with Crippen LogP contribution in [0.4, 0.5) is 0 Å². The van der Waals surface area contributed by atoms with Crippen molar-refractivity contribution >= 4 is 22.3 Å². The number of rotatable bonds is 1. The van der Waals surface area contributed by atoms with Crippen LogP contribution >= 0.6 is 11.3 Å². The summed E-state index contributed by atoms with van der Waals surface area (Å²) in [6, 6.07) is 0. The van der Waals surface area contributed by atoms with E-state index in [2.05, 4.69) is 10.1 Å². The maximum Gasteiger partial charge on any atom is 0.343 e. The molecule has 0 atom stereocenters. The van der Waals surface area contributed by atoms with Gasteiger partial charge in [-0.25, -0.2) is 9.78 Å². The Bertz CT molecular complexity index is 529. The van der Waals surface area contributed by atoms with Gasteiger partial charge in [0.05, 0.1) is 6.20 Å². The Kier molecular flexibility index (Phi) is 1.59. The molecule has 0 fully saturated rings. The Labute approximate surface area is 75.1 Å². The number of fused-ring (bicyclic) bond motifs is 1. The summed E-state index contributed by atoms with van der Waals surface area (Å²) in [7, 11) is 0. The highest BCUT2D eigenvalue weighted by Gasteiger charge is 2.12. The van der Waals surface area contributed by atoms with Crippen molar-refractivity contribution in [1.29, 1.82) is 0 Å². The number of aromatic carboxylic acids is 1. The summed E-state index contributed by atoms with van der Waals surface area (Å²) in [4.78, 5) is 26.0. The Hall–Kier alpha value is -1.76. The number of carboxylic acid groups (broad SMARTS) is 1. The minimum Gasteiger partial charge on any atom is -0.477 e. The highest BCUT2D eigenvalue weighted by atomic mass is 32.1. The molecule has 1 N–H and O–H groups in total. The van der Waals surface area contributed by atoms with Crippen LogP contribution in [0, 0.1) is 0 Å². The van der Waals surface area contributed by atoms with Gasteiger partial charge in [0.1, 0.15) is 11.1 Å². The van der Waals surface area contributed by atoms with E-state index in [1.807, 2.05) is 0 Å². The first-order valence-electron chi connectivity index (χ1n) is 3.25. The number of carbonyl (C=O) groups is 1. The third kappa shape index (κ3) is 1.09. The molecule has 2 aromatic rings. The number of hydrogen-bond acceptors (Lipinski definition) is 5. The summed E-state index contributed by atoms with van der Waals surface area (Å²) in [6.07, 6.45) is 1.04. The highest BCUT2D eigenvalue weighted by Crippen LogP contribution is 2.02. The summed E-state index contributed by atoms with van der Waals surface area (Å²) >= 11 is 1.17. The molecule has 7 heteroatoms. The van der Waals surface area contributed by atoms with Crippen LogP contribution in [0.5, 0.6) is 0 Å². The van der Waals surface area contributed by atoms with Gasteiger partial charge < -0.3 is 5.11 Å². The van der Waals surface area contributed by atoms with E-state index in [1.54, 1.807) is 0 Å². The molecule has 66 valence electrons. The molecule has 2 heterocycles. The summed E-state index contributed by atoms with van der Waals surface area (Å²) < 4.78 is 0.966. The fraction of sp³-hybridized carbons (Fsp3) is 0. The maximum atomic E-state index is 11.3. The third-order valence-corrected chi connectivity index (χ3v) is 2.15. The monoisotopic (exact) mass is 197 g/mol. The number of carboxylic acids is 1. The minimum atomic E-state index is -1.29. The van der Waals surface area contributed by atoms with Gasteiger partial charge in [0.2, 0.25) is 4.96 Å². The van der Waals surface area contributed by atoms with Gasteiger partial charge in [0.25, 0.3) is 5.56 Å². The molecule has 13 heavy (non-hydrogen) atoms. The first-order chi connectivity index (χ1) is 6.20. The molecule has 2 aromatic heterocycles. The quantitative estimate of drug-likeness (QED) is 0.687. The molecule has 2 rings (SSSR count). The van der Waals surface area contributed by atoms with E-state index in [-0.39, 0.29) is 5.56 Å². The molecular weight excluding hydrogens is 194 g/mol. The summed E-state index contributed by atoms with van der Waals surface area (Å²) in [5.41, 5.74) is 0.400. The summed E-state index contributed by atoms with van der Waals surface area (Å²) in [5.74, 6) is -1.29. The number of hydrogen-bond donors (Lipinski definition) is 1. The highest BCUT2D eigenvalue weighted by molar-refractivity contribution is 7.14. The molecule has 0 saturated heterocycles. The van der Waals surface area contributed by atoms with Crippen molar-refractivity contribution in [2.75, 3.05) is 0 Å². The minimum absolute atomic E-state index is 0.372. The fourth-order valence-electron chi connectivity index (χ4n) is 0.877. The zero-order chi connectivity index (χ0) is 9.42. The second-order valence-electron chi connectivity index (χ2n) is 2.22. The maximum absolute atomic E-state index is 11.3. The van der Waals surface area contributed by atoms with E-state index in [9.17, 15) is 9.59 Å². The van der Waals surface area contributed by atoms with Crippen LogP contribution in [0.1, 0.15) is 10.4 Å². The fourth-order valence-corrected chi connectivity index (χ4v) is 1.46. The van der Waals surface area contributed by atoms with Crippen molar-refractivity contribution < 1.29 is 9.90 Å². The predicted molar refractivity (Wildman–Crippen MR) is 44.1 cm³/mol. The summed E-state index contributed by atoms with van der Waals surface area (Å²) in [5, 5.41) is 12.2. The average molecular weight is 197 g/mol. The van der Waals surface area contributed by atoms with E-state index in [0.29, 0.717) is 4.96 Å². The van der Waals surface area contributed by atoms with E-state index < -0.39 is 11.5 Å². The van der Waals surface area contributed by atoms with Crippen molar-refractivity contribution in [2.45, 2.75) is 0 Å². The Morgan fingerprint density at radius 1 is 1.62 bits per heavy atom. The van der Waals surface area contributed by atoms with Crippen molar-refractivity contribution in [3.63, 3.8) is 0 Å². The number of nitrogens with zero attached hydrogens (tertiary/aromatic N) is 3. The molecule has 0 saturated carbocycles. The molecule has 0 aliphatic rings. The van der Waals surface area contributed by atoms with Crippen molar-refractivity contribution in [2.24, 2.45) is 0 Å². The zero-order valence-corrected chi connectivity index (χ0v) is 6.98. The second kappa shape index (κ2) is 2.63. The van der Waals surface area contributed by atoms with Crippen LogP contribution in [-0.2, 0) is 0 Å². The second-order valence-corrected chi connectivity index (χ2v) is 3.03. The molecule has 0 spiro atoms. The van der Waals surface area contributed by atoms with Crippen molar-refractivity contribution in [3.05, 3.63) is 27.6 Å². The lowest BCUT2D eigenvalue weighted by Crippen LogP contribution is -2.22. The molecule has 0 radical (unpaired) electrons. The lowest BCUT2D eigenvalue weighted by Gasteiger charge is -1.92. The molecule has 0 aromatic carbocycles. The predicted octanol–water partition coefficient (Wildman–Crippen LogP) is -0.151. The Morgan fingerprint density at radius 3 is 3.08 bits per heavy atom. The van der Waals surface area contributed by atoms with Gasteiger partial charge >= 0.3 is 5.97 Å². The van der Waals surface area contributed by atoms with Crippen LogP contribution in [0.3, 0.4) is 0 Å². The van der Waals surface area contributed by atoms with Crippen LogP contribution < -0.4 is 5.56 Å². The van der Waals surface area contributed by atoms with E-state index in [1.165, 1.54) is 16.8 Å². The van der Waals surface area contributed by atoms with Gasteiger partial charge in [0, 0.05) is 0 Å². The normalized spacial score (nSPS) is 10.5. The molecule has 0 aliphatic carbocycles. The molecule has 0 bridgehead atoms. The van der Waals surface area contributed by atoms with Gasteiger partial charge in [-0.1, -0.05) is 11.3 Å². The lowest BCUT2D eigenvalue weighted by molar-refractivity contribution is 0.0694. The summed E-state index contributed by atoms with van der Waals surface area (Å²) in [6.45, 7) is 0. The van der Waals surface area contributed by atoms with Gasteiger partial charge in [-0.05, 0) is 0 Å². The van der Waals surface area contributed by atoms with Gasteiger partial charge in [-0.3, -0.25) is 4.79 Å². The molecule has 6 nitrogen and oxygen atoms in total. The molecule has 0 aliphatic heterocycles. The van der Waals surface area contributed by atoms with Crippen LogP contribution in [0.25, 0.3) is 4.96 Å². The van der Waals surface area contributed by atoms with Crippen molar-refractivity contribution in [3.8, 4) is 0 Å². The Morgan fingerprint density at radius 2 is 2.38 bits per heavy atom. The van der Waals surface area contributed by atoms with Gasteiger partial charge in [-0.15, -0.1) is 0 Å². The van der Waals surface area contributed by atoms with Crippen LogP contribution in [0.2, 0.25) is 0 Å². The van der Waals surface area contributed by atoms with E-state index in [4.69, 9.17) is 5.11 Å². The van der Waals surface area contributed by atoms with E-state index >= 15 is 0 Å². The van der Waals surface area contributed by atoms with Crippen LogP contribution in [-0.4, -0.2) is 25.7 Å². The zero-order valence-electron chi connectivity index (χ0n) is 6.17. The molecule has 0 amide bonds. The largest absolute Gasteiger partial charge is 0.477 e. The molecule has 0 unspecified atom stereocenters. The third-order valence-electron chi connectivity index (χ3n) is 1.46.